The van der Waals surface area contributed by atoms with E-state index in [9.17, 15) is 8.42 Å². The lowest BCUT2D eigenvalue weighted by molar-refractivity contribution is 0.182. The first-order chi connectivity index (χ1) is 9.50. The predicted molar refractivity (Wildman–Crippen MR) is 78.4 cm³/mol. The number of nitrogens with one attached hydrogen (secondary N) is 2. The van der Waals surface area contributed by atoms with Crippen molar-refractivity contribution in [1.82, 2.24) is 10.6 Å². The zero-order valence-corrected chi connectivity index (χ0v) is 12.7. The van der Waals surface area contributed by atoms with Gasteiger partial charge in [-0.2, -0.15) is 0 Å². The standard InChI is InChI=1S/C14H22N2O3S/c1-15-14-10-19-9-12(14)8-16-7-11-3-5-13(6-4-11)20(2,17)18/h3-6,12,14-16H,7-10H2,1-2H3. The van der Waals surface area contributed by atoms with Crippen LogP contribution < -0.4 is 10.6 Å². The molecule has 1 aromatic rings. The minimum Gasteiger partial charge on any atom is -0.379 e. The zero-order valence-electron chi connectivity index (χ0n) is 11.9. The lowest BCUT2D eigenvalue weighted by Gasteiger charge is -2.17. The van der Waals surface area contributed by atoms with Crippen LogP contribution in [-0.4, -0.2) is 47.5 Å². The van der Waals surface area contributed by atoms with Crippen LogP contribution in [0.2, 0.25) is 0 Å². The fourth-order valence-corrected chi connectivity index (χ4v) is 3.01. The summed E-state index contributed by atoms with van der Waals surface area (Å²) in [6, 6.07) is 7.42. The minimum absolute atomic E-state index is 0.362. The molecule has 2 atom stereocenters. The molecule has 1 saturated heterocycles. The summed E-state index contributed by atoms with van der Waals surface area (Å²) >= 11 is 0. The number of benzene rings is 1. The summed E-state index contributed by atoms with van der Waals surface area (Å²) in [7, 11) is -1.15. The van der Waals surface area contributed by atoms with E-state index in [2.05, 4.69) is 10.6 Å². The molecule has 1 aliphatic rings. The topological polar surface area (TPSA) is 67.4 Å². The summed E-state index contributed by atoms with van der Waals surface area (Å²) in [5, 5.41) is 6.65. The first kappa shape index (κ1) is 15.4. The largest absolute Gasteiger partial charge is 0.379 e. The Bertz CT molecular complexity index is 528. The van der Waals surface area contributed by atoms with E-state index in [-0.39, 0.29) is 0 Å². The van der Waals surface area contributed by atoms with Gasteiger partial charge in [0.2, 0.25) is 0 Å². The third kappa shape index (κ3) is 4.02. The molecule has 2 N–H and O–H groups in total. The van der Waals surface area contributed by atoms with Crippen molar-refractivity contribution >= 4 is 9.84 Å². The summed E-state index contributed by atoms with van der Waals surface area (Å²) in [6.07, 6.45) is 1.22. The molecule has 6 heteroatoms. The molecule has 0 aliphatic carbocycles. The molecule has 5 nitrogen and oxygen atoms in total. The van der Waals surface area contributed by atoms with E-state index < -0.39 is 9.84 Å². The quantitative estimate of drug-likeness (QED) is 0.796. The van der Waals surface area contributed by atoms with Gasteiger partial charge in [0.05, 0.1) is 18.1 Å². The molecular formula is C14H22N2O3S. The molecule has 0 amide bonds. The molecule has 0 radical (unpaired) electrons. The highest BCUT2D eigenvalue weighted by Crippen LogP contribution is 2.13. The van der Waals surface area contributed by atoms with Crippen molar-refractivity contribution in [2.45, 2.75) is 17.5 Å². The maximum Gasteiger partial charge on any atom is 0.175 e. The van der Waals surface area contributed by atoms with E-state index in [0.717, 1.165) is 31.9 Å². The first-order valence-corrected chi connectivity index (χ1v) is 8.64. The van der Waals surface area contributed by atoms with E-state index in [0.29, 0.717) is 16.9 Å². The monoisotopic (exact) mass is 298 g/mol. The van der Waals surface area contributed by atoms with Crippen molar-refractivity contribution in [2.75, 3.05) is 33.1 Å². The highest BCUT2D eigenvalue weighted by Gasteiger charge is 2.26. The molecule has 1 aromatic carbocycles. The third-order valence-electron chi connectivity index (χ3n) is 3.66. The highest BCUT2D eigenvalue weighted by molar-refractivity contribution is 7.90. The number of hydrogen-bond donors (Lipinski definition) is 2. The second-order valence-electron chi connectivity index (χ2n) is 5.24. The van der Waals surface area contributed by atoms with Gasteiger partial charge in [-0.3, -0.25) is 0 Å². The van der Waals surface area contributed by atoms with Crippen LogP contribution >= 0.6 is 0 Å². The fourth-order valence-electron chi connectivity index (χ4n) is 2.38. The third-order valence-corrected chi connectivity index (χ3v) is 4.78. The van der Waals surface area contributed by atoms with Crippen LogP contribution in [0.3, 0.4) is 0 Å². The maximum atomic E-state index is 11.4. The van der Waals surface area contributed by atoms with Crippen LogP contribution in [0.25, 0.3) is 0 Å². The van der Waals surface area contributed by atoms with Gasteiger partial charge in [-0.05, 0) is 24.7 Å². The van der Waals surface area contributed by atoms with Crippen LogP contribution in [-0.2, 0) is 21.1 Å². The molecule has 112 valence electrons. The number of rotatable bonds is 6. The normalized spacial score (nSPS) is 23.1. The number of likely N-dealkylation sites (N-methyl/N-ethyl adjacent to an activating group) is 1. The van der Waals surface area contributed by atoms with Crippen molar-refractivity contribution in [2.24, 2.45) is 5.92 Å². The summed E-state index contributed by atoms with van der Waals surface area (Å²) < 4.78 is 28.2. The molecular weight excluding hydrogens is 276 g/mol. The van der Waals surface area contributed by atoms with Crippen molar-refractivity contribution in [3.63, 3.8) is 0 Å². The molecule has 2 unspecified atom stereocenters. The van der Waals surface area contributed by atoms with Crippen molar-refractivity contribution in [3.05, 3.63) is 29.8 Å². The van der Waals surface area contributed by atoms with Gasteiger partial charge in [-0.15, -0.1) is 0 Å². The Morgan fingerprint density at radius 3 is 2.55 bits per heavy atom. The van der Waals surface area contributed by atoms with Crippen LogP contribution in [0.5, 0.6) is 0 Å². The molecule has 1 aliphatic heterocycles. The Kier molecular flexibility index (Phi) is 5.15. The SMILES string of the molecule is CNC1COCC1CNCc1ccc(S(C)(=O)=O)cc1. The van der Waals surface area contributed by atoms with Gasteiger partial charge < -0.3 is 15.4 Å². The van der Waals surface area contributed by atoms with Crippen LogP contribution in [0.1, 0.15) is 5.56 Å². The Morgan fingerprint density at radius 1 is 1.25 bits per heavy atom. The number of hydrogen-bond acceptors (Lipinski definition) is 5. The fraction of sp³-hybridized carbons (Fsp3) is 0.571. The maximum absolute atomic E-state index is 11.4. The Balaban J connectivity index is 1.82. The van der Waals surface area contributed by atoms with Gasteiger partial charge in [0.25, 0.3) is 0 Å². The molecule has 1 fully saturated rings. The minimum atomic E-state index is -3.11. The average molecular weight is 298 g/mol. The Morgan fingerprint density at radius 2 is 1.95 bits per heavy atom. The second-order valence-corrected chi connectivity index (χ2v) is 7.26. The van der Waals surface area contributed by atoms with E-state index in [1.54, 1.807) is 12.1 Å². The highest BCUT2D eigenvalue weighted by atomic mass is 32.2. The summed E-state index contributed by atoms with van der Waals surface area (Å²) in [4.78, 5) is 0.362. The van der Waals surface area contributed by atoms with Crippen LogP contribution in [0, 0.1) is 5.92 Å². The molecule has 0 bridgehead atoms. The molecule has 1 heterocycles. The number of ether oxygens (including phenoxy) is 1. The lowest BCUT2D eigenvalue weighted by Crippen LogP contribution is -2.38. The van der Waals surface area contributed by atoms with E-state index >= 15 is 0 Å². The molecule has 0 saturated carbocycles. The van der Waals surface area contributed by atoms with E-state index in [1.807, 2.05) is 19.2 Å². The van der Waals surface area contributed by atoms with Gasteiger partial charge in [-0.1, -0.05) is 12.1 Å². The van der Waals surface area contributed by atoms with Gasteiger partial charge in [-0.25, -0.2) is 8.42 Å². The van der Waals surface area contributed by atoms with E-state index in [1.165, 1.54) is 6.26 Å². The zero-order chi connectivity index (χ0) is 14.6. The van der Waals surface area contributed by atoms with Gasteiger partial charge in [0, 0.05) is 31.3 Å². The Hall–Kier alpha value is -0.950. The van der Waals surface area contributed by atoms with Crippen molar-refractivity contribution < 1.29 is 13.2 Å². The van der Waals surface area contributed by atoms with Crippen molar-refractivity contribution in [1.29, 1.82) is 0 Å². The first-order valence-electron chi connectivity index (χ1n) is 6.75. The predicted octanol–water partition coefficient (Wildman–Crippen LogP) is 0.414. The van der Waals surface area contributed by atoms with Gasteiger partial charge in [0.15, 0.2) is 9.84 Å². The Labute approximate surface area is 120 Å². The lowest BCUT2D eigenvalue weighted by atomic mass is 10.0. The summed E-state index contributed by atoms with van der Waals surface area (Å²) in [5.74, 6) is 0.482. The average Bonchev–Trinajstić information content (AvgIpc) is 2.86. The summed E-state index contributed by atoms with van der Waals surface area (Å²) in [5.41, 5.74) is 1.08. The molecule has 0 spiro atoms. The van der Waals surface area contributed by atoms with Crippen LogP contribution in [0.15, 0.2) is 29.2 Å². The smallest absolute Gasteiger partial charge is 0.175 e. The van der Waals surface area contributed by atoms with Crippen molar-refractivity contribution in [3.8, 4) is 0 Å². The second kappa shape index (κ2) is 6.67. The summed E-state index contributed by atoms with van der Waals surface area (Å²) in [6.45, 7) is 3.17. The molecule has 0 aromatic heterocycles. The van der Waals surface area contributed by atoms with Crippen LogP contribution in [0.4, 0.5) is 0 Å². The van der Waals surface area contributed by atoms with Gasteiger partial charge in [0.1, 0.15) is 0 Å². The van der Waals surface area contributed by atoms with Gasteiger partial charge >= 0.3 is 0 Å². The number of sulfone groups is 1. The van der Waals surface area contributed by atoms with E-state index in [4.69, 9.17) is 4.74 Å². The molecule has 20 heavy (non-hydrogen) atoms. The molecule has 2 rings (SSSR count).